The highest BCUT2D eigenvalue weighted by molar-refractivity contribution is 5.26. The molecule has 4 heteroatoms. The number of hydrogen-bond acceptors (Lipinski definition) is 4. The molecule has 4 N–H and O–H groups in total. The number of phenolic OH excluding ortho intramolecular Hbond substituents is 1. The van der Waals surface area contributed by atoms with E-state index >= 15 is 0 Å². The summed E-state index contributed by atoms with van der Waals surface area (Å²) in [6, 6.07) is 29.5. The quantitative estimate of drug-likeness (QED) is 0.344. The highest BCUT2D eigenvalue weighted by Crippen LogP contribution is 2.11. The second-order valence-electron chi connectivity index (χ2n) is 8.11. The summed E-state index contributed by atoms with van der Waals surface area (Å²) in [7, 11) is 1.99. The van der Waals surface area contributed by atoms with Gasteiger partial charge in [0.1, 0.15) is 5.75 Å². The van der Waals surface area contributed by atoms with Gasteiger partial charge < -0.3 is 21.1 Å². The Morgan fingerprint density at radius 3 is 1.81 bits per heavy atom. The lowest BCUT2D eigenvalue weighted by Gasteiger charge is -2.24. The Morgan fingerprint density at radius 2 is 1.19 bits per heavy atom. The molecule has 0 aliphatic heterocycles. The molecule has 2 atom stereocenters. The van der Waals surface area contributed by atoms with Crippen molar-refractivity contribution in [1.29, 1.82) is 0 Å². The first kappa shape index (κ1) is 23.0. The van der Waals surface area contributed by atoms with E-state index in [0.717, 1.165) is 38.9 Å². The molecule has 164 valence electrons. The highest BCUT2D eigenvalue weighted by atomic mass is 16.3. The van der Waals surface area contributed by atoms with Gasteiger partial charge in [0.25, 0.3) is 0 Å². The molecular formula is C27H35N3O. The van der Waals surface area contributed by atoms with E-state index in [0.29, 0.717) is 17.8 Å². The molecule has 0 aliphatic carbocycles. The summed E-state index contributed by atoms with van der Waals surface area (Å²) in [5, 5.41) is 20.4. The van der Waals surface area contributed by atoms with Gasteiger partial charge in [-0.2, -0.15) is 0 Å². The number of likely N-dealkylation sites (N-methyl/N-ethyl adjacent to an activating group) is 1. The third kappa shape index (κ3) is 8.54. The largest absolute Gasteiger partial charge is 0.508 e. The Labute approximate surface area is 186 Å². The molecule has 0 saturated carbocycles. The fourth-order valence-corrected chi connectivity index (χ4v) is 3.87. The van der Waals surface area contributed by atoms with Crippen LogP contribution in [0.1, 0.15) is 16.7 Å². The standard InChI is InChI=1S/C27H35N3O/c1-28-20-25(19-24-12-14-27(31)15-13-24)30-21-26(18-23-10-6-3-7-11-23)29-17-16-22-8-4-2-5-9-22/h2-15,25-26,28-31H,16-21H2,1H3/t25?,26-/m0/s1. The highest BCUT2D eigenvalue weighted by Gasteiger charge is 2.14. The molecule has 0 saturated heterocycles. The zero-order valence-electron chi connectivity index (χ0n) is 18.4. The molecule has 3 rings (SSSR count). The number of aromatic hydroxyl groups is 1. The molecule has 0 radical (unpaired) electrons. The van der Waals surface area contributed by atoms with E-state index in [9.17, 15) is 5.11 Å². The second-order valence-corrected chi connectivity index (χ2v) is 8.11. The van der Waals surface area contributed by atoms with Gasteiger partial charge in [-0.15, -0.1) is 0 Å². The summed E-state index contributed by atoms with van der Waals surface area (Å²) >= 11 is 0. The summed E-state index contributed by atoms with van der Waals surface area (Å²) in [6.07, 6.45) is 2.94. The Morgan fingerprint density at radius 1 is 0.645 bits per heavy atom. The molecule has 31 heavy (non-hydrogen) atoms. The van der Waals surface area contributed by atoms with Gasteiger partial charge in [-0.1, -0.05) is 72.8 Å². The lowest BCUT2D eigenvalue weighted by Crippen LogP contribution is -2.47. The Kier molecular flexibility index (Phi) is 9.58. The van der Waals surface area contributed by atoms with Crippen LogP contribution in [0.3, 0.4) is 0 Å². The predicted molar refractivity (Wildman–Crippen MR) is 130 cm³/mol. The first-order valence-corrected chi connectivity index (χ1v) is 11.2. The lowest BCUT2D eigenvalue weighted by atomic mass is 10.0. The van der Waals surface area contributed by atoms with Crippen LogP contribution in [0.2, 0.25) is 0 Å². The van der Waals surface area contributed by atoms with Crippen LogP contribution < -0.4 is 16.0 Å². The van der Waals surface area contributed by atoms with Crippen LogP contribution in [0.4, 0.5) is 0 Å². The van der Waals surface area contributed by atoms with E-state index in [4.69, 9.17) is 0 Å². The van der Waals surface area contributed by atoms with Crippen molar-refractivity contribution in [3.05, 3.63) is 102 Å². The molecule has 0 amide bonds. The number of rotatable bonds is 13. The first-order chi connectivity index (χ1) is 15.2. The SMILES string of the molecule is CNCC(Cc1ccc(O)cc1)NC[C@H](Cc1ccccc1)NCCc1ccccc1. The first-order valence-electron chi connectivity index (χ1n) is 11.2. The van der Waals surface area contributed by atoms with Crippen molar-refractivity contribution in [2.24, 2.45) is 0 Å². The van der Waals surface area contributed by atoms with Crippen LogP contribution in [0.25, 0.3) is 0 Å². The van der Waals surface area contributed by atoms with Gasteiger partial charge >= 0.3 is 0 Å². The van der Waals surface area contributed by atoms with Gasteiger partial charge in [0.05, 0.1) is 0 Å². The van der Waals surface area contributed by atoms with Crippen LogP contribution in [0.5, 0.6) is 5.75 Å². The number of benzene rings is 3. The van der Waals surface area contributed by atoms with Crippen LogP contribution >= 0.6 is 0 Å². The zero-order chi connectivity index (χ0) is 21.7. The number of nitrogens with one attached hydrogen (secondary N) is 3. The maximum absolute atomic E-state index is 9.54. The summed E-state index contributed by atoms with van der Waals surface area (Å²) in [6.45, 7) is 2.74. The van der Waals surface area contributed by atoms with Crippen molar-refractivity contribution in [2.45, 2.75) is 31.3 Å². The molecular weight excluding hydrogens is 382 g/mol. The monoisotopic (exact) mass is 417 g/mol. The molecule has 0 fully saturated rings. The minimum Gasteiger partial charge on any atom is -0.508 e. The van der Waals surface area contributed by atoms with E-state index in [1.807, 2.05) is 19.2 Å². The molecule has 0 bridgehead atoms. The maximum atomic E-state index is 9.54. The van der Waals surface area contributed by atoms with E-state index in [1.165, 1.54) is 16.7 Å². The van der Waals surface area contributed by atoms with Crippen LogP contribution in [0.15, 0.2) is 84.9 Å². The smallest absolute Gasteiger partial charge is 0.115 e. The summed E-state index contributed by atoms with van der Waals surface area (Å²) in [4.78, 5) is 0. The van der Waals surface area contributed by atoms with Crippen molar-refractivity contribution in [2.75, 3.05) is 26.7 Å². The van der Waals surface area contributed by atoms with E-state index in [1.54, 1.807) is 12.1 Å². The average Bonchev–Trinajstić information content (AvgIpc) is 2.80. The molecule has 0 spiro atoms. The van der Waals surface area contributed by atoms with Crippen LogP contribution in [-0.2, 0) is 19.3 Å². The van der Waals surface area contributed by atoms with E-state index in [-0.39, 0.29) is 0 Å². The van der Waals surface area contributed by atoms with Crippen LogP contribution in [0, 0.1) is 0 Å². The topological polar surface area (TPSA) is 56.3 Å². The van der Waals surface area contributed by atoms with Gasteiger partial charge in [-0.25, -0.2) is 0 Å². The number of hydrogen-bond donors (Lipinski definition) is 4. The second kappa shape index (κ2) is 12.9. The van der Waals surface area contributed by atoms with Crippen molar-refractivity contribution in [1.82, 2.24) is 16.0 Å². The molecule has 4 nitrogen and oxygen atoms in total. The zero-order valence-corrected chi connectivity index (χ0v) is 18.4. The van der Waals surface area contributed by atoms with Crippen molar-refractivity contribution in [3.63, 3.8) is 0 Å². The van der Waals surface area contributed by atoms with E-state index in [2.05, 4.69) is 76.6 Å². The van der Waals surface area contributed by atoms with Gasteiger partial charge in [-0.3, -0.25) is 0 Å². The van der Waals surface area contributed by atoms with Crippen molar-refractivity contribution < 1.29 is 5.11 Å². The van der Waals surface area contributed by atoms with Crippen molar-refractivity contribution in [3.8, 4) is 5.75 Å². The van der Waals surface area contributed by atoms with Gasteiger partial charge in [-0.05, 0) is 61.7 Å². The molecule has 0 aliphatic rings. The Bertz CT molecular complexity index is 853. The Hall–Kier alpha value is -2.66. The summed E-state index contributed by atoms with van der Waals surface area (Å²) in [5.41, 5.74) is 3.94. The molecule has 3 aromatic carbocycles. The normalized spacial score (nSPS) is 13.1. The number of phenols is 1. The van der Waals surface area contributed by atoms with E-state index < -0.39 is 0 Å². The van der Waals surface area contributed by atoms with Crippen LogP contribution in [-0.4, -0.2) is 43.9 Å². The molecule has 3 aromatic rings. The summed E-state index contributed by atoms with van der Waals surface area (Å²) in [5.74, 6) is 0.312. The third-order valence-electron chi connectivity index (χ3n) is 5.54. The minimum absolute atomic E-state index is 0.312. The molecule has 0 aromatic heterocycles. The fourth-order valence-electron chi connectivity index (χ4n) is 3.87. The third-order valence-corrected chi connectivity index (χ3v) is 5.54. The summed E-state index contributed by atoms with van der Waals surface area (Å²) < 4.78 is 0. The maximum Gasteiger partial charge on any atom is 0.115 e. The average molecular weight is 418 g/mol. The van der Waals surface area contributed by atoms with Gasteiger partial charge in [0.15, 0.2) is 0 Å². The van der Waals surface area contributed by atoms with Gasteiger partial charge in [0.2, 0.25) is 0 Å². The van der Waals surface area contributed by atoms with Crippen molar-refractivity contribution >= 4 is 0 Å². The Balaban J connectivity index is 1.57. The molecule has 0 heterocycles. The minimum atomic E-state index is 0.312. The fraction of sp³-hybridized carbons (Fsp3) is 0.333. The molecule has 1 unspecified atom stereocenters. The van der Waals surface area contributed by atoms with Gasteiger partial charge in [0, 0.05) is 25.2 Å². The lowest BCUT2D eigenvalue weighted by molar-refractivity contribution is 0.418. The predicted octanol–water partition coefficient (Wildman–Crippen LogP) is 3.56.